The molecule has 134 valence electrons. The van der Waals surface area contributed by atoms with Crippen LogP contribution in [-0.4, -0.2) is 91.8 Å². The number of likely N-dealkylation sites (N-methyl/N-ethyl adjacent to an activating group) is 1. The van der Waals surface area contributed by atoms with E-state index in [1.807, 2.05) is 0 Å². The van der Waals surface area contributed by atoms with Gasteiger partial charge in [0.1, 0.15) is 0 Å². The first-order valence-corrected chi connectivity index (χ1v) is 7.43. The van der Waals surface area contributed by atoms with Gasteiger partial charge < -0.3 is 29.7 Å². The monoisotopic (exact) mass is 432 g/mol. The molecule has 0 aromatic heterocycles. The van der Waals surface area contributed by atoms with Crippen LogP contribution in [-0.2, 0) is 14.2 Å². The van der Waals surface area contributed by atoms with Gasteiger partial charge in [0.2, 0.25) is 0 Å². The molecule has 0 aromatic rings. The van der Waals surface area contributed by atoms with Crippen LogP contribution in [0.1, 0.15) is 6.42 Å². The zero-order valence-electron chi connectivity index (χ0n) is 14.4. The molecule has 0 aliphatic rings. The summed E-state index contributed by atoms with van der Waals surface area (Å²) in [6.45, 7) is 6.29. The van der Waals surface area contributed by atoms with Gasteiger partial charge in [0.05, 0.1) is 19.8 Å². The van der Waals surface area contributed by atoms with E-state index in [-0.39, 0.29) is 24.0 Å². The Kier molecular flexibility index (Phi) is 20.7. The number of aliphatic imine (C=N–C) groups is 1. The van der Waals surface area contributed by atoms with Crippen molar-refractivity contribution in [1.82, 2.24) is 15.5 Å². The van der Waals surface area contributed by atoms with Gasteiger partial charge in [0, 0.05) is 54.1 Å². The van der Waals surface area contributed by atoms with E-state index < -0.39 is 0 Å². The van der Waals surface area contributed by atoms with Gasteiger partial charge in [0.25, 0.3) is 0 Å². The van der Waals surface area contributed by atoms with Gasteiger partial charge in [-0.05, 0) is 13.5 Å². The van der Waals surface area contributed by atoms with Gasteiger partial charge in [-0.25, -0.2) is 0 Å². The molecule has 22 heavy (non-hydrogen) atoms. The lowest BCUT2D eigenvalue weighted by molar-refractivity contribution is 0.0733. The fraction of sp³-hybridized carbons (Fsp3) is 0.929. The lowest BCUT2D eigenvalue weighted by atomic mass is 10.4. The average molecular weight is 432 g/mol. The molecule has 0 aliphatic heterocycles. The van der Waals surface area contributed by atoms with Crippen molar-refractivity contribution >= 4 is 29.9 Å². The van der Waals surface area contributed by atoms with Crippen molar-refractivity contribution in [2.24, 2.45) is 4.99 Å². The first-order valence-electron chi connectivity index (χ1n) is 7.43. The number of rotatable bonds is 13. The number of hydrogen-bond acceptors (Lipinski definition) is 5. The van der Waals surface area contributed by atoms with E-state index in [0.717, 1.165) is 45.2 Å². The minimum Gasteiger partial charge on any atom is -0.385 e. The van der Waals surface area contributed by atoms with E-state index in [1.54, 1.807) is 21.3 Å². The molecule has 0 aromatic carbocycles. The number of nitrogens with one attached hydrogen (secondary N) is 2. The number of guanidine groups is 1. The molecule has 2 N–H and O–H groups in total. The molecule has 0 aliphatic carbocycles. The highest BCUT2D eigenvalue weighted by atomic mass is 127. The van der Waals surface area contributed by atoms with Gasteiger partial charge in [-0.1, -0.05) is 0 Å². The van der Waals surface area contributed by atoms with E-state index in [9.17, 15) is 0 Å². The third-order valence-corrected chi connectivity index (χ3v) is 2.87. The highest BCUT2D eigenvalue weighted by molar-refractivity contribution is 14.0. The quantitative estimate of drug-likeness (QED) is 0.190. The van der Waals surface area contributed by atoms with E-state index in [1.165, 1.54) is 0 Å². The second kappa shape index (κ2) is 18.9. The summed E-state index contributed by atoms with van der Waals surface area (Å²) < 4.78 is 15.3. The Labute approximate surface area is 152 Å². The van der Waals surface area contributed by atoms with E-state index in [0.29, 0.717) is 19.8 Å². The van der Waals surface area contributed by atoms with E-state index >= 15 is 0 Å². The molecule has 8 heteroatoms. The zero-order chi connectivity index (χ0) is 15.8. The van der Waals surface area contributed by atoms with Crippen molar-refractivity contribution in [3.8, 4) is 0 Å². The summed E-state index contributed by atoms with van der Waals surface area (Å²) in [7, 11) is 7.27. The molecular formula is C14H33IN4O3. The van der Waals surface area contributed by atoms with Crippen molar-refractivity contribution in [2.75, 3.05) is 80.9 Å². The molecule has 0 unspecified atom stereocenters. The molecular weight excluding hydrogens is 399 g/mol. The van der Waals surface area contributed by atoms with Crippen LogP contribution in [0.25, 0.3) is 0 Å². The third kappa shape index (κ3) is 16.2. The van der Waals surface area contributed by atoms with Crippen LogP contribution in [0.3, 0.4) is 0 Å². The SMILES string of the molecule is CN=C(NCCOCCOC)NCCN(C)CCCOC.I. The minimum absolute atomic E-state index is 0. The Hall–Kier alpha value is -0.160. The molecule has 7 nitrogen and oxygen atoms in total. The van der Waals surface area contributed by atoms with Gasteiger partial charge >= 0.3 is 0 Å². The van der Waals surface area contributed by atoms with Crippen molar-refractivity contribution in [3.05, 3.63) is 0 Å². The second-order valence-corrected chi connectivity index (χ2v) is 4.68. The van der Waals surface area contributed by atoms with Crippen molar-refractivity contribution in [3.63, 3.8) is 0 Å². The Balaban J connectivity index is 0. The lowest BCUT2D eigenvalue weighted by Gasteiger charge is -2.18. The minimum atomic E-state index is 0. The first-order chi connectivity index (χ1) is 10.2. The highest BCUT2D eigenvalue weighted by Gasteiger charge is 2.00. The summed E-state index contributed by atoms with van der Waals surface area (Å²) in [5.41, 5.74) is 0. The normalized spacial score (nSPS) is 11.4. The largest absolute Gasteiger partial charge is 0.385 e. The van der Waals surface area contributed by atoms with E-state index in [4.69, 9.17) is 14.2 Å². The number of nitrogens with zero attached hydrogens (tertiary/aromatic N) is 2. The van der Waals surface area contributed by atoms with Crippen LogP contribution in [0, 0.1) is 0 Å². The molecule has 0 heterocycles. The smallest absolute Gasteiger partial charge is 0.191 e. The summed E-state index contributed by atoms with van der Waals surface area (Å²) in [4.78, 5) is 6.44. The molecule has 0 saturated carbocycles. The van der Waals surface area contributed by atoms with Gasteiger partial charge in [-0.15, -0.1) is 24.0 Å². The predicted molar refractivity (Wildman–Crippen MR) is 101 cm³/mol. The molecule has 0 saturated heterocycles. The van der Waals surface area contributed by atoms with Crippen LogP contribution >= 0.6 is 24.0 Å². The molecule has 0 bridgehead atoms. The molecule has 0 fully saturated rings. The lowest BCUT2D eigenvalue weighted by Crippen LogP contribution is -2.42. The maximum atomic E-state index is 5.38. The number of methoxy groups -OCH3 is 2. The summed E-state index contributed by atoms with van der Waals surface area (Å²) in [6, 6.07) is 0. The van der Waals surface area contributed by atoms with Gasteiger partial charge in [0.15, 0.2) is 5.96 Å². The second-order valence-electron chi connectivity index (χ2n) is 4.68. The predicted octanol–water partition coefficient (Wildman–Crippen LogP) is 0.401. The Morgan fingerprint density at radius 3 is 2.27 bits per heavy atom. The van der Waals surface area contributed by atoms with Crippen molar-refractivity contribution < 1.29 is 14.2 Å². The highest BCUT2D eigenvalue weighted by Crippen LogP contribution is 1.86. The van der Waals surface area contributed by atoms with Gasteiger partial charge in [-0.2, -0.15) is 0 Å². The van der Waals surface area contributed by atoms with Crippen molar-refractivity contribution in [2.45, 2.75) is 6.42 Å². The molecule has 0 amide bonds. The topological polar surface area (TPSA) is 67.4 Å². The molecule has 0 radical (unpaired) electrons. The Morgan fingerprint density at radius 1 is 0.955 bits per heavy atom. The number of ether oxygens (including phenoxy) is 3. The van der Waals surface area contributed by atoms with Crippen LogP contribution in [0.5, 0.6) is 0 Å². The summed E-state index contributed by atoms with van der Waals surface area (Å²) in [5, 5.41) is 6.49. The van der Waals surface area contributed by atoms with Crippen LogP contribution in [0.15, 0.2) is 4.99 Å². The summed E-state index contributed by atoms with van der Waals surface area (Å²) in [6.07, 6.45) is 1.05. The van der Waals surface area contributed by atoms with Crippen LogP contribution in [0.4, 0.5) is 0 Å². The Bertz CT molecular complexity index is 258. The summed E-state index contributed by atoms with van der Waals surface area (Å²) >= 11 is 0. The van der Waals surface area contributed by atoms with E-state index in [2.05, 4.69) is 27.6 Å². The van der Waals surface area contributed by atoms with Crippen molar-refractivity contribution in [1.29, 1.82) is 0 Å². The van der Waals surface area contributed by atoms with Gasteiger partial charge in [-0.3, -0.25) is 4.99 Å². The summed E-state index contributed by atoms with van der Waals surface area (Å²) in [5.74, 6) is 0.802. The molecule has 0 spiro atoms. The molecule has 0 atom stereocenters. The fourth-order valence-corrected chi connectivity index (χ4v) is 1.66. The molecule has 0 rings (SSSR count). The Morgan fingerprint density at radius 2 is 1.64 bits per heavy atom. The standard InChI is InChI=1S/C14H32N4O3.HI/c1-15-14(17-7-11-21-13-12-20-4)16-6-9-18(2)8-5-10-19-3;/h5-13H2,1-4H3,(H2,15,16,17);1H. The first kappa shape index (κ1) is 24.1. The van der Waals surface area contributed by atoms with Crippen LogP contribution < -0.4 is 10.6 Å². The average Bonchev–Trinajstić information content (AvgIpc) is 2.49. The zero-order valence-corrected chi connectivity index (χ0v) is 16.7. The maximum Gasteiger partial charge on any atom is 0.191 e. The third-order valence-electron chi connectivity index (χ3n) is 2.87. The number of hydrogen-bond donors (Lipinski definition) is 2. The number of halogens is 1. The fourth-order valence-electron chi connectivity index (χ4n) is 1.66. The maximum absolute atomic E-state index is 5.38. The van der Waals surface area contributed by atoms with Crippen LogP contribution in [0.2, 0.25) is 0 Å².